The summed E-state index contributed by atoms with van der Waals surface area (Å²) in [5.74, 6) is -0.244. The van der Waals surface area contributed by atoms with Gasteiger partial charge in [0.25, 0.3) is 0 Å². The van der Waals surface area contributed by atoms with Gasteiger partial charge >= 0.3 is 0 Å². The third kappa shape index (κ3) is 4.90. The molecule has 0 bridgehead atoms. The van der Waals surface area contributed by atoms with Crippen LogP contribution >= 0.6 is 0 Å². The lowest BCUT2D eigenvalue weighted by atomic mass is 10.3. The van der Waals surface area contributed by atoms with Crippen molar-refractivity contribution < 1.29 is 13.9 Å². The van der Waals surface area contributed by atoms with Crippen LogP contribution < -0.4 is 10.5 Å². The number of benzene rings is 1. The number of halogens is 1. The average molecular weight is 348 g/mol. The molecule has 0 amide bonds. The first kappa shape index (κ1) is 20.4. The molecule has 2 N–H and O–H groups in total. The summed E-state index contributed by atoms with van der Waals surface area (Å²) < 4.78 is 26.3. The molecule has 0 spiro atoms. The molecule has 0 saturated heterocycles. The maximum Gasteiger partial charge on any atom is 0.247 e. The van der Waals surface area contributed by atoms with Gasteiger partial charge in [0.2, 0.25) is 5.88 Å². The third-order valence-corrected chi connectivity index (χ3v) is 2.95. The van der Waals surface area contributed by atoms with Gasteiger partial charge in [-0.05, 0) is 18.2 Å². The molecule has 7 heteroatoms. The molecule has 3 rings (SSSR count). The summed E-state index contributed by atoms with van der Waals surface area (Å²) in [7, 11) is 1.58. The Morgan fingerprint density at radius 1 is 1.12 bits per heavy atom. The van der Waals surface area contributed by atoms with Crippen LogP contribution in [0.15, 0.2) is 36.8 Å². The maximum absolute atomic E-state index is 13.8. The Labute approximate surface area is 147 Å². The number of aromatic nitrogens is 3. The minimum absolute atomic E-state index is 0.0503. The molecule has 3 aromatic rings. The van der Waals surface area contributed by atoms with E-state index in [1.54, 1.807) is 23.9 Å². The van der Waals surface area contributed by atoms with Crippen LogP contribution in [0, 0.1) is 5.82 Å². The topological polar surface area (TPSA) is 75.2 Å². The van der Waals surface area contributed by atoms with E-state index in [1.165, 1.54) is 18.5 Å². The van der Waals surface area contributed by atoms with E-state index < -0.39 is 5.82 Å². The molecule has 0 atom stereocenters. The van der Waals surface area contributed by atoms with Gasteiger partial charge in [-0.1, -0.05) is 27.7 Å². The van der Waals surface area contributed by atoms with E-state index in [1.807, 2.05) is 33.8 Å². The van der Waals surface area contributed by atoms with Gasteiger partial charge in [0.15, 0.2) is 11.6 Å². The molecule has 2 heterocycles. The fourth-order valence-electron chi connectivity index (χ4n) is 2.03. The Morgan fingerprint density at radius 3 is 2.48 bits per heavy atom. The van der Waals surface area contributed by atoms with Gasteiger partial charge in [0, 0.05) is 25.1 Å². The number of fused-ring (bicyclic) bond motifs is 1. The van der Waals surface area contributed by atoms with Crippen LogP contribution in [0.5, 0.6) is 11.6 Å². The first-order valence-electron chi connectivity index (χ1n) is 8.20. The fraction of sp³-hybridized carbons (Fsp3) is 0.333. The predicted molar refractivity (Wildman–Crippen MR) is 98.1 cm³/mol. The van der Waals surface area contributed by atoms with E-state index >= 15 is 0 Å². The number of anilines is 1. The zero-order valence-corrected chi connectivity index (χ0v) is 15.3. The summed E-state index contributed by atoms with van der Waals surface area (Å²) in [6.07, 6.45) is 3.17. The highest BCUT2D eigenvalue weighted by Gasteiger charge is 2.13. The van der Waals surface area contributed by atoms with E-state index in [0.29, 0.717) is 23.5 Å². The average Bonchev–Trinajstić information content (AvgIpc) is 3.05. The van der Waals surface area contributed by atoms with E-state index in [-0.39, 0.29) is 11.6 Å². The largest absolute Gasteiger partial charge is 0.434 e. The predicted octanol–water partition coefficient (Wildman–Crippen LogP) is 4.60. The van der Waals surface area contributed by atoms with Gasteiger partial charge < -0.3 is 19.8 Å². The highest BCUT2D eigenvalue weighted by atomic mass is 19.1. The van der Waals surface area contributed by atoms with E-state index in [9.17, 15) is 4.39 Å². The molecular weight excluding hydrogens is 323 g/mol. The van der Waals surface area contributed by atoms with Gasteiger partial charge in [0.05, 0.1) is 5.52 Å². The number of ether oxygens (including phenoxy) is 2. The van der Waals surface area contributed by atoms with Crippen molar-refractivity contribution in [2.24, 2.45) is 0 Å². The molecule has 0 unspecified atom stereocenters. The van der Waals surface area contributed by atoms with Crippen LogP contribution in [-0.4, -0.2) is 21.6 Å². The van der Waals surface area contributed by atoms with Crippen molar-refractivity contribution in [3.05, 3.63) is 42.6 Å². The highest BCUT2D eigenvalue weighted by molar-refractivity contribution is 5.80. The first-order chi connectivity index (χ1) is 12.2. The van der Waals surface area contributed by atoms with E-state index in [2.05, 4.69) is 9.97 Å². The number of hydrogen-bond acceptors (Lipinski definition) is 5. The van der Waals surface area contributed by atoms with Crippen molar-refractivity contribution in [3.63, 3.8) is 0 Å². The molecule has 0 aliphatic heterocycles. The normalized spacial score (nSPS) is 9.68. The molecule has 0 aliphatic carbocycles. The number of rotatable bonds is 4. The van der Waals surface area contributed by atoms with Gasteiger partial charge in [-0.2, -0.15) is 4.98 Å². The standard InChI is InChI=1S/C14H13FN4O2.2C2H6/c1-20-8-19-5-4-11-13(19)14(18-7-17-11)21-12-3-2-9(16)6-10(12)15;2*1-2/h2-7H,8,16H2,1H3;2*1-2H3. The molecule has 6 nitrogen and oxygen atoms in total. The Hall–Kier alpha value is -2.67. The molecule has 2 aromatic heterocycles. The number of hydrogen-bond donors (Lipinski definition) is 1. The summed E-state index contributed by atoms with van der Waals surface area (Å²) in [6.45, 7) is 8.32. The minimum Gasteiger partial charge on any atom is -0.434 e. The molecule has 0 saturated carbocycles. The quantitative estimate of drug-likeness (QED) is 0.697. The van der Waals surface area contributed by atoms with Crippen LogP contribution in [0.25, 0.3) is 11.0 Å². The Morgan fingerprint density at radius 2 is 1.84 bits per heavy atom. The third-order valence-electron chi connectivity index (χ3n) is 2.95. The number of nitrogen functional groups attached to an aromatic ring is 1. The van der Waals surface area contributed by atoms with Gasteiger partial charge in [-0.25, -0.2) is 9.37 Å². The Bertz CT molecular complexity index is 790. The summed E-state index contributed by atoms with van der Waals surface area (Å²) >= 11 is 0. The monoisotopic (exact) mass is 348 g/mol. The Balaban J connectivity index is 0.000000730. The molecule has 0 fully saturated rings. The lowest BCUT2D eigenvalue weighted by molar-refractivity contribution is 0.134. The van der Waals surface area contributed by atoms with Crippen LogP contribution in [0.2, 0.25) is 0 Å². The second-order valence-electron chi connectivity index (χ2n) is 4.41. The number of methoxy groups -OCH3 is 1. The van der Waals surface area contributed by atoms with Crippen molar-refractivity contribution in [2.75, 3.05) is 12.8 Å². The van der Waals surface area contributed by atoms with Gasteiger partial charge in [0.1, 0.15) is 18.6 Å². The summed E-state index contributed by atoms with van der Waals surface area (Å²) in [6, 6.07) is 6.03. The lowest BCUT2D eigenvalue weighted by Gasteiger charge is -2.09. The van der Waals surface area contributed by atoms with Gasteiger partial charge in [-0.15, -0.1) is 0 Å². The second kappa shape index (κ2) is 10.2. The van der Waals surface area contributed by atoms with Crippen LogP contribution in [0.1, 0.15) is 27.7 Å². The minimum atomic E-state index is -0.549. The Kier molecular flexibility index (Phi) is 8.35. The summed E-state index contributed by atoms with van der Waals surface area (Å²) in [5.41, 5.74) is 7.17. The second-order valence-corrected chi connectivity index (χ2v) is 4.41. The zero-order valence-electron chi connectivity index (χ0n) is 15.3. The lowest BCUT2D eigenvalue weighted by Crippen LogP contribution is -2.01. The molecule has 0 radical (unpaired) electrons. The van der Waals surface area contributed by atoms with Crippen LogP contribution in [-0.2, 0) is 11.5 Å². The van der Waals surface area contributed by atoms with Crippen molar-refractivity contribution >= 4 is 16.7 Å². The molecule has 25 heavy (non-hydrogen) atoms. The number of nitrogens with two attached hydrogens (primary N) is 1. The van der Waals surface area contributed by atoms with Gasteiger partial charge in [-0.3, -0.25) is 0 Å². The molecule has 1 aromatic carbocycles. The summed E-state index contributed by atoms with van der Waals surface area (Å²) in [5, 5.41) is 0. The van der Waals surface area contributed by atoms with Crippen molar-refractivity contribution in [3.8, 4) is 11.6 Å². The zero-order chi connectivity index (χ0) is 18.8. The van der Waals surface area contributed by atoms with E-state index in [4.69, 9.17) is 15.2 Å². The van der Waals surface area contributed by atoms with Crippen molar-refractivity contribution in [1.29, 1.82) is 0 Å². The smallest absolute Gasteiger partial charge is 0.247 e. The van der Waals surface area contributed by atoms with Crippen molar-refractivity contribution in [1.82, 2.24) is 14.5 Å². The molecule has 136 valence electrons. The molecular formula is C18H25FN4O2. The molecule has 0 aliphatic rings. The highest BCUT2D eigenvalue weighted by Crippen LogP contribution is 2.29. The summed E-state index contributed by atoms with van der Waals surface area (Å²) in [4.78, 5) is 8.21. The maximum atomic E-state index is 13.8. The SMILES string of the molecule is CC.CC.COCn1ccc2ncnc(Oc3ccc(N)cc3F)c21. The first-order valence-corrected chi connectivity index (χ1v) is 8.20. The number of nitrogens with zero attached hydrogens (tertiary/aromatic N) is 3. The fourth-order valence-corrected chi connectivity index (χ4v) is 2.03. The van der Waals surface area contributed by atoms with Crippen LogP contribution in [0.3, 0.4) is 0 Å². The van der Waals surface area contributed by atoms with Crippen molar-refractivity contribution in [2.45, 2.75) is 34.4 Å². The van der Waals surface area contributed by atoms with Crippen LogP contribution in [0.4, 0.5) is 10.1 Å². The van der Waals surface area contributed by atoms with E-state index in [0.717, 1.165) is 0 Å².